The van der Waals surface area contributed by atoms with Gasteiger partial charge in [-0.2, -0.15) is 14.8 Å². The van der Waals surface area contributed by atoms with Crippen molar-refractivity contribution in [2.24, 2.45) is 0 Å². The van der Waals surface area contributed by atoms with Gasteiger partial charge in [0.15, 0.2) is 0 Å². The summed E-state index contributed by atoms with van der Waals surface area (Å²) in [6.07, 6.45) is 1.95. The molecule has 0 spiro atoms. The molecule has 4 rings (SSSR count). The van der Waals surface area contributed by atoms with Crippen LogP contribution in [0.25, 0.3) is 16.9 Å². The van der Waals surface area contributed by atoms with Crippen molar-refractivity contribution in [2.45, 2.75) is 44.6 Å². The number of hydrogen-bond acceptors (Lipinski definition) is 5. The molecule has 2 aromatic heterocycles. The number of nitrogens with zero attached hydrogens (tertiary/aromatic N) is 4. The maximum atomic E-state index is 14.4. The molecule has 0 aliphatic heterocycles. The molecule has 0 atom stereocenters. The Morgan fingerprint density at radius 1 is 1.33 bits per heavy atom. The Labute approximate surface area is 139 Å². The molecule has 1 fully saturated rings. The molecule has 1 saturated carbocycles. The van der Waals surface area contributed by atoms with Gasteiger partial charge in [0, 0.05) is 17.3 Å². The van der Waals surface area contributed by atoms with Gasteiger partial charge in [0.05, 0.1) is 5.69 Å². The molecule has 2 heterocycles. The van der Waals surface area contributed by atoms with E-state index in [1.165, 1.54) is 10.7 Å². The summed E-state index contributed by atoms with van der Waals surface area (Å²) in [7, 11) is 1.95. The molecule has 24 heavy (non-hydrogen) atoms. The fraction of sp³-hybridized carbons (Fsp3) is 0.471. The van der Waals surface area contributed by atoms with Crippen molar-refractivity contribution < 1.29 is 8.91 Å². The monoisotopic (exact) mass is 329 g/mol. The fourth-order valence-corrected chi connectivity index (χ4v) is 3.25. The lowest BCUT2D eigenvalue weighted by atomic mass is 9.80. The molecule has 1 aliphatic carbocycles. The summed E-state index contributed by atoms with van der Waals surface area (Å²) in [5.41, 5.74) is 1.23. The number of para-hydroxylation sites is 1. The number of halogens is 1. The van der Waals surface area contributed by atoms with Crippen molar-refractivity contribution in [1.82, 2.24) is 25.2 Å². The van der Waals surface area contributed by atoms with E-state index in [1.54, 1.807) is 6.07 Å². The predicted octanol–water partition coefficient (Wildman–Crippen LogP) is 3.14. The largest absolute Gasteiger partial charge is 0.337 e. The lowest BCUT2D eigenvalue weighted by molar-refractivity contribution is 0.242. The molecule has 0 radical (unpaired) electrons. The van der Waals surface area contributed by atoms with Gasteiger partial charge in [-0.1, -0.05) is 26.0 Å². The normalized spacial score (nSPS) is 20.7. The van der Waals surface area contributed by atoms with Crippen molar-refractivity contribution in [3.05, 3.63) is 35.6 Å². The smallest absolute Gasteiger partial charge is 0.291 e. The first-order valence-electron chi connectivity index (χ1n) is 8.27. The minimum Gasteiger partial charge on any atom is -0.337 e. The van der Waals surface area contributed by atoms with Crippen LogP contribution in [0.2, 0.25) is 0 Å². The van der Waals surface area contributed by atoms with Crippen LogP contribution in [0.15, 0.2) is 22.7 Å². The summed E-state index contributed by atoms with van der Waals surface area (Å²) in [6, 6.07) is 5.50. The molecule has 6 nitrogen and oxygen atoms in total. The number of aromatic nitrogens is 4. The standard InChI is InChI=1S/C17H20FN5O/c1-9(2)14-12-5-4-6-13(18)15(12)23(21-14)17-20-16(24-22-17)10-7-11(8-10)19-3/h4-6,9-11,19H,7-8H2,1-3H3/t10-,11+. The van der Waals surface area contributed by atoms with Gasteiger partial charge in [-0.15, -0.1) is 0 Å². The summed E-state index contributed by atoms with van der Waals surface area (Å²) in [5, 5.41) is 12.6. The summed E-state index contributed by atoms with van der Waals surface area (Å²) in [6.45, 7) is 4.07. The number of nitrogens with one attached hydrogen (secondary N) is 1. The van der Waals surface area contributed by atoms with E-state index in [0.717, 1.165) is 23.9 Å². The Morgan fingerprint density at radius 3 is 2.83 bits per heavy atom. The van der Waals surface area contributed by atoms with E-state index in [2.05, 4.69) is 20.6 Å². The van der Waals surface area contributed by atoms with Crippen LogP contribution in [0.4, 0.5) is 4.39 Å². The molecule has 1 aromatic carbocycles. The molecule has 126 valence electrons. The predicted molar refractivity (Wildman–Crippen MR) is 87.8 cm³/mol. The first kappa shape index (κ1) is 15.3. The summed E-state index contributed by atoms with van der Waals surface area (Å²) in [4.78, 5) is 4.46. The SMILES string of the molecule is CN[C@H]1C[C@@H](c2nc(-n3nc(C(C)C)c4cccc(F)c43)no2)C1. The van der Waals surface area contributed by atoms with Crippen molar-refractivity contribution in [1.29, 1.82) is 0 Å². The van der Waals surface area contributed by atoms with Crippen LogP contribution in [0.1, 0.15) is 50.1 Å². The van der Waals surface area contributed by atoms with Gasteiger partial charge >= 0.3 is 0 Å². The van der Waals surface area contributed by atoms with Crippen LogP contribution in [-0.2, 0) is 0 Å². The van der Waals surface area contributed by atoms with Crippen LogP contribution in [0.3, 0.4) is 0 Å². The van der Waals surface area contributed by atoms with Crippen LogP contribution >= 0.6 is 0 Å². The highest BCUT2D eigenvalue weighted by Gasteiger charge is 2.34. The number of rotatable bonds is 4. The van der Waals surface area contributed by atoms with Gasteiger partial charge in [-0.3, -0.25) is 0 Å². The van der Waals surface area contributed by atoms with E-state index in [-0.39, 0.29) is 17.7 Å². The second-order valence-electron chi connectivity index (χ2n) is 6.67. The third-order valence-electron chi connectivity index (χ3n) is 4.75. The topological polar surface area (TPSA) is 68.8 Å². The number of hydrogen-bond donors (Lipinski definition) is 1. The third kappa shape index (κ3) is 2.31. The molecule has 1 N–H and O–H groups in total. The van der Waals surface area contributed by atoms with E-state index in [4.69, 9.17) is 4.52 Å². The van der Waals surface area contributed by atoms with Crippen LogP contribution in [-0.4, -0.2) is 33.0 Å². The molecule has 0 bridgehead atoms. The Hall–Kier alpha value is -2.28. The summed E-state index contributed by atoms with van der Waals surface area (Å²) < 4.78 is 21.3. The Morgan fingerprint density at radius 2 is 2.12 bits per heavy atom. The zero-order valence-electron chi connectivity index (χ0n) is 14.0. The Kier molecular flexibility index (Phi) is 3.60. The first-order valence-corrected chi connectivity index (χ1v) is 8.27. The van der Waals surface area contributed by atoms with Gasteiger partial charge in [0.2, 0.25) is 5.89 Å². The molecule has 1 aliphatic rings. The molecule has 0 amide bonds. The summed E-state index contributed by atoms with van der Waals surface area (Å²) >= 11 is 0. The zero-order valence-corrected chi connectivity index (χ0v) is 14.0. The van der Waals surface area contributed by atoms with E-state index in [9.17, 15) is 4.39 Å². The highest BCUT2D eigenvalue weighted by atomic mass is 19.1. The average Bonchev–Trinajstić information content (AvgIpc) is 3.11. The van der Waals surface area contributed by atoms with Gasteiger partial charge in [-0.25, -0.2) is 4.39 Å². The maximum absolute atomic E-state index is 14.4. The van der Waals surface area contributed by atoms with Gasteiger partial charge in [0.1, 0.15) is 11.3 Å². The van der Waals surface area contributed by atoms with Gasteiger partial charge in [0.25, 0.3) is 5.95 Å². The van der Waals surface area contributed by atoms with Crippen molar-refractivity contribution >= 4 is 10.9 Å². The van der Waals surface area contributed by atoms with Crippen molar-refractivity contribution in [3.8, 4) is 5.95 Å². The lowest BCUT2D eigenvalue weighted by Gasteiger charge is -2.32. The fourth-order valence-electron chi connectivity index (χ4n) is 3.25. The first-order chi connectivity index (χ1) is 11.6. The van der Waals surface area contributed by atoms with E-state index >= 15 is 0 Å². The zero-order chi connectivity index (χ0) is 16.8. The maximum Gasteiger partial charge on any atom is 0.291 e. The van der Waals surface area contributed by atoms with E-state index in [1.807, 2.05) is 27.0 Å². The third-order valence-corrected chi connectivity index (χ3v) is 4.75. The molecule has 0 saturated heterocycles. The van der Waals surface area contributed by atoms with Crippen molar-refractivity contribution in [3.63, 3.8) is 0 Å². The second-order valence-corrected chi connectivity index (χ2v) is 6.67. The second kappa shape index (κ2) is 5.66. The number of fused-ring (bicyclic) bond motifs is 1. The molecule has 7 heteroatoms. The van der Waals surface area contributed by atoms with Crippen LogP contribution in [0.5, 0.6) is 0 Å². The van der Waals surface area contributed by atoms with Gasteiger partial charge < -0.3 is 9.84 Å². The van der Waals surface area contributed by atoms with E-state index in [0.29, 0.717) is 23.4 Å². The molecule has 0 unspecified atom stereocenters. The molecule has 3 aromatic rings. The minimum atomic E-state index is -0.336. The van der Waals surface area contributed by atoms with Crippen LogP contribution < -0.4 is 5.32 Å². The lowest BCUT2D eigenvalue weighted by Crippen LogP contribution is -2.37. The average molecular weight is 329 g/mol. The number of benzene rings is 1. The quantitative estimate of drug-likeness (QED) is 0.796. The minimum absolute atomic E-state index is 0.171. The summed E-state index contributed by atoms with van der Waals surface area (Å²) in [5.74, 6) is 0.990. The molecular formula is C17H20FN5O. The van der Waals surface area contributed by atoms with Crippen molar-refractivity contribution in [2.75, 3.05) is 7.05 Å². The van der Waals surface area contributed by atoms with Crippen LogP contribution in [0, 0.1) is 5.82 Å². The van der Waals surface area contributed by atoms with Gasteiger partial charge in [-0.05, 0) is 37.0 Å². The van der Waals surface area contributed by atoms with E-state index < -0.39 is 0 Å². The highest BCUT2D eigenvalue weighted by molar-refractivity contribution is 5.84. The highest BCUT2D eigenvalue weighted by Crippen LogP contribution is 2.36. The Bertz CT molecular complexity index is 878. The Balaban J connectivity index is 1.76. The molecular weight excluding hydrogens is 309 g/mol.